The van der Waals surface area contributed by atoms with Crippen molar-refractivity contribution in [2.24, 2.45) is 4.99 Å². The lowest BCUT2D eigenvalue weighted by molar-refractivity contribution is -0.685. The van der Waals surface area contributed by atoms with E-state index in [1.165, 1.54) is 12.1 Å². The lowest BCUT2D eigenvalue weighted by Gasteiger charge is -2.14. The SMILES string of the molecule is CCc1c(C)[n+](Cc2ccc([N+](=O)[O-])cc2)c2n(c1=O)C1C=CC=CC1=N2. The number of non-ortho nitro benzene ring substituents is 1. The molecule has 0 fully saturated rings. The smallest absolute Gasteiger partial charge is 0.258 e. The predicted molar refractivity (Wildman–Crippen MR) is 102 cm³/mol. The number of hydrogen-bond acceptors (Lipinski definition) is 4. The van der Waals surface area contributed by atoms with Crippen LogP contribution in [0.3, 0.4) is 0 Å². The van der Waals surface area contributed by atoms with Gasteiger partial charge in [0.1, 0.15) is 0 Å². The summed E-state index contributed by atoms with van der Waals surface area (Å²) in [6, 6.07) is 6.31. The molecule has 4 rings (SSSR count). The van der Waals surface area contributed by atoms with Crippen molar-refractivity contribution in [3.63, 3.8) is 0 Å². The standard InChI is InChI=1S/C20H19N4O3/c1-3-16-13(2)22(12-14-8-10-15(11-9-14)24(26)27)20-21-17-6-4-5-7-18(17)23(20)19(16)25/h4-11,18H,3,12H2,1-2H3/q+1. The Morgan fingerprint density at radius 1 is 1.26 bits per heavy atom. The summed E-state index contributed by atoms with van der Waals surface area (Å²) in [5, 5.41) is 10.9. The minimum absolute atomic E-state index is 0.00588. The van der Waals surface area contributed by atoms with Crippen LogP contribution in [-0.4, -0.2) is 15.2 Å². The molecule has 27 heavy (non-hydrogen) atoms. The van der Waals surface area contributed by atoms with Gasteiger partial charge in [-0.25, -0.2) is 4.57 Å². The third-order valence-electron chi connectivity index (χ3n) is 5.10. The highest BCUT2D eigenvalue weighted by Crippen LogP contribution is 2.28. The minimum atomic E-state index is -0.410. The van der Waals surface area contributed by atoms with Gasteiger partial charge in [0.25, 0.3) is 5.69 Å². The van der Waals surface area contributed by atoms with Gasteiger partial charge in [-0.3, -0.25) is 14.9 Å². The molecular formula is C20H19N4O3+. The number of nitro groups is 1. The quantitative estimate of drug-likeness (QED) is 0.476. The number of aliphatic imine (C=N–C) groups is 1. The van der Waals surface area contributed by atoms with E-state index in [0.29, 0.717) is 18.9 Å². The predicted octanol–water partition coefficient (Wildman–Crippen LogP) is 2.72. The zero-order chi connectivity index (χ0) is 19.1. The maximum Gasteiger partial charge on any atom is 0.403 e. The summed E-state index contributed by atoms with van der Waals surface area (Å²) in [6.45, 7) is 4.39. The first-order valence-electron chi connectivity index (χ1n) is 8.86. The van der Waals surface area contributed by atoms with E-state index >= 15 is 0 Å². The number of hydrogen-bond donors (Lipinski definition) is 0. The molecule has 0 spiro atoms. The number of aromatic nitrogens is 2. The van der Waals surface area contributed by atoms with Gasteiger partial charge in [-0.15, -0.1) is 0 Å². The molecule has 2 heterocycles. The number of benzene rings is 1. The van der Waals surface area contributed by atoms with Crippen molar-refractivity contribution in [2.45, 2.75) is 32.9 Å². The zero-order valence-corrected chi connectivity index (χ0v) is 15.1. The van der Waals surface area contributed by atoms with Crippen LogP contribution < -0.4 is 10.1 Å². The van der Waals surface area contributed by atoms with Crippen molar-refractivity contribution in [3.8, 4) is 0 Å². The first kappa shape index (κ1) is 17.1. The average molecular weight is 363 g/mol. The fourth-order valence-corrected chi connectivity index (χ4v) is 3.66. The molecule has 1 unspecified atom stereocenters. The average Bonchev–Trinajstić information content (AvgIpc) is 3.05. The van der Waals surface area contributed by atoms with Gasteiger partial charge >= 0.3 is 11.5 Å². The van der Waals surface area contributed by atoms with Crippen molar-refractivity contribution in [1.29, 1.82) is 0 Å². The number of fused-ring (bicyclic) bond motifs is 3. The summed E-state index contributed by atoms with van der Waals surface area (Å²) in [4.78, 5) is 28.2. The van der Waals surface area contributed by atoms with E-state index in [1.54, 1.807) is 16.7 Å². The van der Waals surface area contributed by atoms with Crippen LogP contribution in [0.4, 0.5) is 11.6 Å². The maximum atomic E-state index is 13.0. The fraction of sp³-hybridized carbons (Fsp3) is 0.250. The highest BCUT2D eigenvalue weighted by molar-refractivity contribution is 6.03. The van der Waals surface area contributed by atoms with E-state index in [4.69, 9.17) is 4.99 Å². The van der Waals surface area contributed by atoms with Crippen molar-refractivity contribution in [1.82, 2.24) is 4.57 Å². The molecule has 0 amide bonds. The Balaban J connectivity index is 1.86. The molecule has 7 heteroatoms. The molecule has 1 aliphatic carbocycles. The van der Waals surface area contributed by atoms with Crippen LogP contribution in [0.5, 0.6) is 0 Å². The van der Waals surface area contributed by atoms with Gasteiger partial charge in [-0.1, -0.05) is 24.1 Å². The van der Waals surface area contributed by atoms with Crippen LogP contribution in [0, 0.1) is 17.0 Å². The van der Waals surface area contributed by atoms with Crippen LogP contribution in [0.25, 0.3) is 0 Å². The van der Waals surface area contributed by atoms with Crippen LogP contribution in [0.1, 0.15) is 29.8 Å². The molecule has 0 saturated heterocycles. The molecule has 136 valence electrons. The monoisotopic (exact) mass is 363 g/mol. The Labute approximate surface area is 155 Å². The number of nitro benzene ring substituents is 1. The van der Waals surface area contributed by atoms with E-state index in [0.717, 1.165) is 22.5 Å². The van der Waals surface area contributed by atoms with Crippen molar-refractivity contribution < 1.29 is 9.49 Å². The highest BCUT2D eigenvalue weighted by atomic mass is 16.6. The second-order valence-corrected chi connectivity index (χ2v) is 6.63. The van der Waals surface area contributed by atoms with Crippen molar-refractivity contribution in [2.75, 3.05) is 0 Å². The van der Waals surface area contributed by atoms with Crippen LogP contribution in [-0.2, 0) is 13.0 Å². The Hall–Kier alpha value is -3.35. The van der Waals surface area contributed by atoms with E-state index in [-0.39, 0.29) is 17.3 Å². The lowest BCUT2D eigenvalue weighted by atomic mass is 10.1. The van der Waals surface area contributed by atoms with Gasteiger partial charge in [0.15, 0.2) is 11.8 Å². The summed E-state index contributed by atoms with van der Waals surface area (Å²) in [6.07, 6.45) is 8.38. The Bertz CT molecular complexity index is 1090. The first-order chi connectivity index (χ1) is 13.0. The fourth-order valence-electron chi connectivity index (χ4n) is 3.66. The summed E-state index contributed by atoms with van der Waals surface area (Å²) >= 11 is 0. The van der Waals surface area contributed by atoms with Gasteiger partial charge in [-0.2, -0.15) is 4.57 Å². The summed E-state index contributed by atoms with van der Waals surface area (Å²) < 4.78 is 3.76. The van der Waals surface area contributed by atoms with Crippen molar-refractivity contribution >= 4 is 17.3 Å². The van der Waals surface area contributed by atoms with Gasteiger partial charge in [0.2, 0.25) is 0 Å². The van der Waals surface area contributed by atoms with Gasteiger partial charge < -0.3 is 0 Å². The molecule has 7 nitrogen and oxygen atoms in total. The number of allylic oxidation sites excluding steroid dienone is 4. The second-order valence-electron chi connectivity index (χ2n) is 6.63. The minimum Gasteiger partial charge on any atom is -0.258 e. The number of nitrogens with zero attached hydrogens (tertiary/aromatic N) is 4. The summed E-state index contributed by atoms with van der Waals surface area (Å²) in [5.74, 6) is 0.615. The maximum absolute atomic E-state index is 13.0. The third-order valence-corrected chi connectivity index (χ3v) is 5.10. The zero-order valence-electron chi connectivity index (χ0n) is 15.1. The Morgan fingerprint density at radius 3 is 2.67 bits per heavy atom. The first-order valence-corrected chi connectivity index (χ1v) is 8.86. The van der Waals surface area contributed by atoms with E-state index < -0.39 is 4.92 Å². The molecule has 2 aromatic rings. The topological polar surface area (TPSA) is 81.4 Å². The highest BCUT2D eigenvalue weighted by Gasteiger charge is 2.38. The normalized spacial score (nSPS) is 16.8. The Morgan fingerprint density at radius 2 is 2.00 bits per heavy atom. The largest absolute Gasteiger partial charge is 0.403 e. The molecular weight excluding hydrogens is 344 g/mol. The molecule has 0 bridgehead atoms. The van der Waals surface area contributed by atoms with Gasteiger partial charge in [0, 0.05) is 12.1 Å². The van der Waals surface area contributed by atoms with Gasteiger partial charge in [-0.05, 0) is 43.2 Å². The van der Waals surface area contributed by atoms with Crippen molar-refractivity contribution in [3.05, 3.63) is 85.9 Å². The Kier molecular flexibility index (Phi) is 4.07. The molecule has 2 aliphatic rings. The van der Waals surface area contributed by atoms with E-state index in [2.05, 4.69) is 0 Å². The molecule has 0 saturated carbocycles. The molecule has 0 radical (unpaired) electrons. The molecule has 1 aromatic carbocycles. The van der Waals surface area contributed by atoms with E-state index in [1.807, 2.05) is 42.7 Å². The second kappa shape index (κ2) is 6.42. The molecule has 1 aliphatic heterocycles. The van der Waals surface area contributed by atoms with E-state index in [9.17, 15) is 14.9 Å². The number of rotatable bonds is 4. The third kappa shape index (κ3) is 2.71. The van der Waals surface area contributed by atoms with Crippen LogP contribution >= 0.6 is 0 Å². The van der Waals surface area contributed by atoms with Crippen LogP contribution in [0.15, 0.2) is 58.4 Å². The summed E-state index contributed by atoms with van der Waals surface area (Å²) in [5.41, 5.74) is 3.46. The molecule has 0 N–H and O–H groups in total. The molecule has 1 aromatic heterocycles. The molecule has 1 atom stereocenters. The summed E-state index contributed by atoms with van der Waals surface area (Å²) in [7, 11) is 0. The van der Waals surface area contributed by atoms with Crippen LogP contribution in [0.2, 0.25) is 0 Å². The lowest BCUT2D eigenvalue weighted by Crippen LogP contribution is -2.46. The van der Waals surface area contributed by atoms with Gasteiger partial charge in [0.05, 0.1) is 22.7 Å².